The quantitative estimate of drug-likeness (QED) is 0.486. The van der Waals surface area contributed by atoms with Gasteiger partial charge in [-0.05, 0) is 31.6 Å². The third-order valence-corrected chi connectivity index (χ3v) is 2.63. The second-order valence-corrected chi connectivity index (χ2v) is 3.78. The number of hydrogen-bond acceptors (Lipinski definition) is 1. The average Bonchev–Trinajstić information content (AvgIpc) is 2.81. The van der Waals surface area contributed by atoms with Gasteiger partial charge >= 0.3 is 0 Å². The van der Waals surface area contributed by atoms with Crippen molar-refractivity contribution in [3.8, 4) is 11.8 Å². The monoisotopic (exact) mass is 165 g/mol. The Hall–Kier alpha value is -0.480. The van der Waals surface area contributed by atoms with Gasteiger partial charge < -0.3 is 5.32 Å². The number of hydrogen-bond donors (Lipinski definition) is 1. The van der Waals surface area contributed by atoms with Gasteiger partial charge in [0.2, 0.25) is 0 Å². The van der Waals surface area contributed by atoms with Crippen LogP contribution in [0, 0.1) is 17.3 Å². The molecular weight excluding hydrogens is 146 g/mol. The van der Waals surface area contributed by atoms with Crippen LogP contribution in [0.3, 0.4) is 0 Å². The Balaban J connectivity index is 2.08. The summed E-state index contributed by atoms with van der Waals surface area (Å²) in [5.74, 6) is 5.92. The van der Waals surface area contributed by atoms with Crippen LogP contribution in [0.1, 0.15) is 39.5 Å². The molecule has 1 N–H and O–H groups in total. The first-order chi connectivity index (χ1) is 5.83. The Labute approximate surface area is 75.9 Å². The van der Waals surface area contributed by atoms with Crippen LogP contribution in [-0.2, 0) is 0 Å². The summed E-state index contributed by atoms with van der Waals surface area (Å²) < 4.78 is 0. The van der Waals surface area contributed by atoms with E-state index in [9.17, 15) is 0 Å². The van der Waals surface area contributed by atoms with E-state index < -0.39 is 0 Å². The fourth-order valence-electron chi connectivity index (χ4n) is 1.70. The van der Waals surface area contributed by atoms with Crippen LogP contribution in [0.25, 0.3) is 0 Å². The fraction of sp³-hybridized carbons (Fsp3) is 0.818. The van der Waals surface area contributed by atoms with E-state index in [1.807, 2.05) is 6.92 Å². The minimum atomic E-state index is 0.671. The zero-order valence-electron chi connectivity index (χ0n) is 8.24. The Morgan fingerprint density at radius 3 is 2.67 bits per heavy atom. The molecule has 1 aliphatic carbocycles. The first-order valence-corrected chi connectivity index (χ1v) is 4.93. The normalized spacial score (nSPS) is 18.2. The molecule has 1 fully saturated rings. The first kappa shape index (κ1) is 9.61. The Bertz CT molecular complexity index is 181. The molecule has 0 aromatic heterocycles. The molecule has 1 heteroatoms. The number of nitrogens with one attached hydrogen (secondary N) is 1. The van der Waals surface area contributed by atoms with Crippen molar-refractivity contribution in [3.05, 3.63) is 0 Å². The zero-order valence-corrected chi connectivity index (χ0v) is 8.24. The highest BCUT2D eigenvalue weighted by Gasteiger charge is 2.40. The molecule has 0 radical (unpaired) electrons. The summed E-state index contributed by atoms with van der Waals surface area (Å²) in [5.41, 5.74) is 0.671. The van der Waals surface area contributed by atoms with Gasteiger partial charge in [0, 0.05) is 6.54 Å². The molecule has 0 aliphatic heterocycles. The van der Waals surface area contributed by atoms with Gasteiger partial charge in [-0.25, -0.2) is 0 Å². The van der Waals surface area contributed by atoms with Crippen LogP contribution >= 0.6 is 0 Å². The van der Waals surface area contributed by atoms with Gasteiger partial charge in [-0.1, -0.05) is 19.3 Å². The summed E-state index contributed by atoms with van der Waals surface area (Å²) in [7, 11) is 0. The predicted molar refractivity (Wildman–Crippen MR) is 52.9 cm³/mol. The van der Waals surface area contributed by atoms with Gasteiger partial charge in [-0.15, -0.1) is 5.92 Å². The van der Waals surface area contributed by atoms with Crippen molar-refractivity contribution in [2.45, 2.75) is 39.5 Å². The van der Waals surface area contributed by atoms with Crippen LogP contribution in [-0.4, -0.2) is 13.1 Å². The third-order valence-electron chi connectivity index (χ3n) is 2.63. The van der Waals surface area contributed by atoms with Crippen molar-refractivity contribution in [1.29, 1.82) is 0 Å². The molecule has 0 aromatic carbocycles. The van der Waals surface area contributed by atoms with E-state index in [0.717, 1.165) is 6.54 Å². The van der Waals surface area contributed by atoms with Gasteiger partial charge in [0.1, 0.15) is 0 Å². The molecule has 0 saturated heterocycles. The third kappa shape index (κ3) is 2.87. The standard InChI is InChI=1S/C11H19N/c1-3-5-9-12-10-11(6-4-2)7-8-11/h12H,4,6-10H2,1-2H3. The smallest absolute Gasteiger partial charge is 0.0576 e. The maximum absolute atomic E-state index is 3.40. The minimum Gasteiger partial charge on any atom is -0.306 e. The molecule has 1 saturated carbocycles. The minimum absolute atomic E-state index is 0.671. The summed E-state index contributed by atoms with van der Waals surface area (Å²) in [4.78, 5) is 0. The van der Waals surface area contributed by atoms with Crippen molar-refractivity contribution in [2.24, 2.45) is 5.41 Å². The molecule has 0 unspecified atom stereocenters. The predicted octanol–water partition coefficient (Wildman–Crippen LogP) is 2.18. The molecule has 0 aromatic rings. The topological polar surface area (TPSA) is 12.0 Å². The van der Waals surface area contributed by atoms with Crippen molar-refractivity contribution >= 4 is 0 Å². The molecule has 0 bridgehead atoms. The van der Waals surface area contributed by atoms with Gasteiger partial charge in [0.05, 0.1) is 6.54 Å². The van der Waals surface area contributed by atoms with E-state index >= 15 is 0 Å². The second-order valence-electron chi connectivity index (χ2n) is 3.78. The van der Waals surface area contributed by atoms with Crippen LogP contribution in [0.2, 0.25) is 0 Å². The maximum atomic E-state index is 3.40. The van der Waals surface area contributed by atoms with E-state index in [-0.39, 0.29) is 0 Å². The zero-order chi connectivity index (χ0) is 8.86. The highest BCUT2D eigenvalue weighted by molar-refractivity contribution is 4.99. The summed E-state index contributed by atoms with van der Waals surface area (Å²) in [5, 5.41) is 3.40. The molecule has 0 atom stereocenters. The van der Waals surface area contributed by atoms with Crippen molar-refractivity contribution in [2.75, 3.05) is 13.1 Å². The molecule has 12 heavy (non-hydrogen) atoms. The first-order valence-electron chi connectivity index (χ1n) is 4.93. The molecule has 1 nitrogen and oxygen atoms in total. The van der Waals surface area contributed by atoms with E-state index in [4.69, 9.17) is 0 Å². The summed E-state index contributed by atoms with van der Waals surface area (Å²) in [6.07, 6.45) is 5.56. The average molecular weight is 165 g/mol. The molecule has 1 rings (SSSR count). The largest absolute Gasteiger partial charge is 0.306 e. The molecule has 0 spiro atoms. The molecule has 0 heterocycles. The summed E-state index contributed by atoms with van der Waals surface area (Å²) in [6.45, 7) is 6.20. The fourth-order valence-corrected chi connectivity index (χ4v) is 1.70. The molecular formula is C11H19N. The second kappa shape index (κ2) is 4.52. The molecule has 68 valence electrons. The molecule has 1 aliphatic rings. The van der Waals surface area contributed by atoms with Crippen LogP contribution in [0.15, 0.2) is 0 Å². The summed E-state index contributed by atoms with van der Waals surface area (Å²) >= 11 is 0. The van der Waals surface area contributed by atoms with E-state index in [1.54, 1.807) is 0 Å². The van der Waals surface area contributed by atoms with E-state index in [0.29, 0.717) is 5.41 Å². The van der Waals surface area contributed by atoms with Crippen molar-refractivity contribution in [3.63, 3.8) is 0 Å². The van der Waals surface area contributed by atoms with E-state index in [2.05, 4.69) is 24.1 Å². The van der Waals surface area contributed by atoms with Gasteiger partial charge in [-0.2, -0.15) is 0 Å². The Morgan fingerprint density at radius 2 is 2.17 bits per heavy atom. The Kier molecular flexibility index (Phi) is 3.62. The lowest BCUT2D eigenvalue weighted by molar-refractivity contribution is 0.432. The van der Waals surface area contributed by atoms with Crippen LogP contribution in [0.4, 0.5) is 0 Å². The highest BCUT2D eigenvalue weighted by Crippen LogP contribution is 2.48. The lowest BCUT2D eigenvalue weighted by Gasteiger charge is -2.12. The maximum Gasteiger partial charge on any atom is 0.0576 e. The SMILES string of the molecule is CC#CCNCC1(CCC)CC1. The van der Waals surface area contributed by atoms with Crippen LogP contribution in [0.5, 0.6) is 0 Å². The number of rotatable bonds is 5. The van der Waals surface area contributed by atoms with Gasteiger partial charge in [0.15, 0.2) is 0 Å². The summed E-state index contributed by atoms with van der Waals surface area (Å²) in [6, 6.07) is 0. The lowest BCUT2D eigenvalue weighted by Crippen LogP contribution is -2.24. The highest BCUT2D eigenvalue weighted by atomic mass is 14.9. The van der Waals surface area contributed by atoms with Gasteiger partial charge in [-0.3, -0.25) is 0 Å². The Morgan fingerprint density at radius 1 is 1.42 bits per heavy atom. The molecule has 0 amide bonds. The lowest BCUT2D eigenvalue weighted by atomic mass is 10.0. The van der Waals surface area contributed by atoms with Gasteiger partial charge in [0.25, 0.3) is 0 Å². The van der Waals surface area contributed by atoms with Crippen molar-refractivity contribution < 1.29 is 0 Å². The van der Waals surface area contributed by atoms with Crippen LogP contribution < -0.4 is 5.32 Å². The van der Waals surface area contributed by atoms with Crippen molar-refractivity contribution in [1.82, 2.24) is 5.32 Å². The van der Waals surface area contributed by atoms with E-state index in [1.165, 1.54) is 32.2 Å².